The average Bonchev–Trinajstić information content (AvgIpc) is 2.64. The van der Waals surface area contributed by atoms with E-state index in [-0.39, 0.29) is 26.4 Å². The number of hydrogen-bond donors (Lipinski definition) is 1. The second kappa shape index (κ2) is 9.48. The first-order valence-electron chi connectivity index (χ1n) is 9.19. The molecule has 0 aliphatic heterocycles. The van der Waals surface area contributed by atoms with Gasteiger partial charge in [-0.2, -0.15) is 0 Å². The van der Waals surface area contributed by atoms with E-state index in [0.717, 1.165) is 15.7 Å². The molecule has 0 unspecified atom stereocenters. The molecule has 1 N–H and O–H groups in total. The van der Waals surface area contributed by atoms with E-state index in [9.17, 15) is 4.79 Å². The summed E-state index contributed by atoms with van der Waals surface area (Å²) in [4.78, 5) is 15.5. The van der Waals surface area contributed by atoms with Gasteiger partial charge in [-0.1, -0.05) is 0 Å². The van der Waals surface area contributed by atoms with Crippen molar-refractivity contribution in [2.45, 2.75) is 40.0 Å². The van der Waals surface area contributed by atoms with Gasteiger partial charge in [-0.3, -0.25) is 0 Å². The summed E-state index contributed by atoms with van der Waals surface area (Å²) in [5.41, 5.74) is 3.01. The van der Waals surface area contributed by atoms with Crippen molar-refractivity contribution in [3.05, 3.63) is 86.4 Å². The number of hydrogen-bond acceptors (Lipinski definition) is 3. The zero-order valence-electron chi connectivity index (χ0n) is 16.3. The summed E-state index contributed by atoms with van der Waals surface area (Å²) in [5, 5.41) is 0. The Bertz CT molecular complexity index is 1060. The quantitative estimate of drug-likeness (QED) is 0.436. The SMILES string of the molecule is Cc1cccc([Se]c2c(C(C)C)c(=O)[nH]c(=S)n2COCc2ccccc2)c1. The summed E-state index contributed by atoms with van der Waals surface area (Å²) in [6, 6.07) is 18.4. The Morgan fingerprint density at radius 1 is 1.14 bits per heavy atom. The normalized spacial score (nSPS) is 11.1. The van der Waals surface area contributed by atoms with Crippen molar-refractivity contribution in [1.29, 1.82) is 0 Å². The molecule has 0 amide bonds. The minimum absolute atomic E-state index is 0.0520. The molecule has 0 bridgehead atoms. The van der Waals surface area contributed by atoms with Crippen molar-refractivity contribution in [3.63, 3.8) is 0 Å². The molecule has 3 rings (SSSR count). The zero-order valence-corrected chi connectivity index (χ0v) is 18.8. The third kappa shape index (κ3) is 5.09. The molecule has 0 saturated carbocycles. The van der Waals surface area contributed by atoms with Gasteiger partial charge in [-0.25, -0.2) is 0 Å². The molecule has 0 saturated heterocycles. The fourth-order valence-corrected chi connectivity index (χ4v) is 6.03. The summed E-state index contributed by atoms with van der Waals surface area (Å²) in [6.45, 7) is 6.97. The molecular formula is C22H24N2O2SSe. The predicted octanol–water partition coefficient (Wildman–Crippen LogP) is 3.17. The molecule has 0 aliphatic rings. The van der Waals surface area contributed by atoms with Gasteiger partial charge in [0.05, 0.1) is 0 Å². The number of aromatic amines is 1. The van der Waals surface area contributed by atoms with Crippen molar-refractivity contribution in [2.75, 3.05) is 0 Å². The standard InChI is InChI=1S/C22H24N2O2SSe/c1-15(2)19-20(25)23-22(27)24(14-26-13-17-9-5-4-6-10-17)21(19)28-18-11-7-8-16(3)12-18/h4-12,15H,13-14H2,1-3H3,(H,23,25,27). The second-order valence-electron chi connectivity index (χ2n) is 6.94. The molecule has 6 heteroatoms. The molecule has 0 atom stereocenters. The Morgan fingerprint density at radius 3 is 2.57 bits per heavy atom. The van der Waals surface area contributed by atoms with Gasteiger partial charge in [0.1, 0.15) is 0 Å². The van der Waals surface area contributed by atoms with Crippen LogP contribution in [0.1, 0.15) is 36.5 Å². The Morgan fingerprint density at radius 2 is 1.89 bits per heavy atom. The number of benzene rings is 2. The van der Waals surface area contributed by atoms with Gasteiger partial charge in [0, 0.05) is 0 Å². The van der Waals surface area contributed by atoms with Crippen LogP contribution >= 0.6 is 12.2 Å². The molecule has 0 aliphatic carbocycles. The third-order valence-corrected chi connectivity index (χ3v) is 6.98. The van der Waals surface area contributed by atoms with E-state index < -0.39 is 0 Å². The van der Waals surface area contributed by atoms with Gasteiger partial charge < -0.3 is 0 Å². The third-order valence-electron chi connectivity index (χ3n) is 4.30. The van der Waals surface area contributed by atoms with E-state index >= 15 is 0 Å². The topological polar surface area (TPSA) is 47.0 Å². The molecule has 0 spiro atoms. The van der Waals surface area contributed by atoms with Gasteiger partial charge in [0.25, 0.3) is 0 Å². The van der Waals surface area contributed by atoms with Crippen LogP contribution in [0.5, 0.6) is 0 Å². The van der Waals surface area contributed by atoms with E-state index in [1.54, 1.807) is 0 Å². The van der Waals surface area contributed by atoms with Crippen molar-refractivity contribution in [2.24, 2.45) is 0 Å². The minimum atomic E-state index is -0.0937. The fourth-order valence-electron chi connectivity index (χ4n) is 2.92. The second-order valence-corrected chi connectivity index (χ2v) is 9.56. The van der Waals surface area contributed by atoms with Crippen LogP contribution in [0, 0.1) is 11.7 Å². The van der Waals surface area contributed by atoms with E-state index in [1.165, 1.54) is 10.0 Å². The van der Waals surface area contributed by atoms with Gasteiger partial charge in [-0.15, -0.1) is 0 Å². The molecule has 1 heterocycles. The van der Waals surface area contributed by atoms with Crippen molar-refractivity contribution < 1.29 is 4.74 Å². The monoisotopic (exact) mass is 460 g/mol. The number of aryl methyl sites for hydroxylation is 1. The summed E-state index contributed by atoms with van der Waals surface area (Å²) < 4.78 is 10.5. The predicted molar refractivity (Wildman–Crippen MR) is 117 cm³/mol. The molecule has 146 valence electrons. The number of nitrogens with one attached hydrogen (secondary N) is 1. The molecule has 1 aromatic heterocycles. The van der Waals surface area contributed by atoms with Crippen LogP contribution in [-0.2, 0) is 18.1 Å². The number of H-pyrrole nitrogens is 1. The van der Waals surface area contributed by atoms with Crippen LogP contribution < -0.4 is 14.6 Å². The fraction of sp³-hybridized carbons (Fsp3) is 0.273. The van der Waals surface area contributed by atoms with E-state index in [1.807, 2.05) is 48.7 Å². The van der Waals surface area contributed by atoms with Crippen molar-refractivity contribution in [3.8, 4) is 0 Å². The maximum atomic E-state index is 12.6. The number of rotatable bonds is 7. The first-order chi connectivity index (χ1) is 13.5. The molecule has 3 aromatic rings. The average molecular weight is 459 g/mol. The van der Waals surface area contributed by atoms with E-state index in [4.69, 9.17) is 17.0 Å². The first kappa shape index (κ1) is 20.7. The summed E-state index contributed by atoms with van der Waals surface area (Å²) >= 11 is 5.43. The van der Waals surface area contributed by atoms with Crippen LogP contribution in [0.4, 0.5) is 0 Å². The van der Waals surface area contributed by atoms with Gasteiger partial charge >= 0.3 is 177 Å². The number of aromatic nitrogens is 2. The van der Waals surface area contributed by atoms with Crippen LogP contribution in [0.3, 0.4) is 0 Å². The van der Waals surface area contributed by atoms with E-state index in [2.05, 4.69) is 36.2 Å². The summed E-state index contributed by atoms with van der Waals surface area (Å²) in [7, 11) is 0. The van der Waals surface area contributed by atoms with E-state index in [0.29, 0.717) is 18.1 Å². The molecule has 4 nitrogen and oxygen atoms in total. The Kier molecular flexibility index (Phi) is 7.02. The van der Waals surface area contributed by atoms with Crippen LogP contribution in [-0.4, -0.2) is 24.5 Å². The van der Waals surface area contributed by atoms with Gasteiger partial charge in [-0.05, 0) is 0 Å². The van der Waals surface area contributed by atoms with Crippen LogP contribution in [0.2, 0.25) is 0 Å². The van der Waals surface area contributed by atoms with Gasteiger partial charge in [0.2, 0.25) is 0 Å². The van der Waals surface area contributed by atoms with Crippen LogP contribution in [0.25, 0.3) is 0 Å². The summed E-state index contributed by atoms with van der Waals surface area (Å²) in [6.07, 6.45) is 0. The molecular weight excluding hydrogens is 435 g/mol. The zero-order chi connectivity index (χ0) is 20.1. The van der Waals surface area contributed by atoms with Crippen molar-refractivity contribution >= 4 is 36.2 Å². The van der Waals surface area contributed by atoms with Crippen LogP contribution in [0.15, 0.2) is 59.4 Å². The number of ether oxygens (including phenoxy) is 1. The molecule has 0 radical (unpaired) electrons. The summed E-state index contributed by atoms with van der Waals surface area (Å²) in [5.74, 6) is 0.0985. The molecule has 0 fully saturated rings. The molecule has 28 heavy (non-hydrogen) atoms. The Hall–Kier alpha value is -1.98. The maximum absolute atomic E-state index is 12.6. The Balaban J connectivity index is 1.96. The first-order valence-corrected chi connectivity index (χ1v) is 11.3. The number of nitrogens with zero attached hydrogens (tertiary/aromatic N) is 1. The Labute approximate surface area is 176 Å². The van der Waals surface area contributed by atoms with Gasteiger partial charge in [0.15, 0.2) is 0 Å². The van der Waals surface area contributed by atoms with Crippen molar-refractivity contribution in [1.82, 2.24) is 9.55 Å². The molecule has 2 aromatic carbocycles.